The van der Waals surface area contributed by atoms with Gasteiger partial charge in [0.15, 0.2) is 5.65 Å². The van der Waals surface area contributed by atoms with Gasteiger partial charge in [0, 0.05) is 30.2 Å². The second-order valence-electron chi connectivity index (χ2n) is 6.83. The summed E-state index contributed by atoms with van der Waals surface area (Å²) in [4.78, 5) is 30.1. The fourth-order valence-corrected chi connectivity index (χ4v) is 3.41. The zero-order valence-electron chi connectivity index (χ0n) is 15.7. The fraction of sp³-hybridized carbons (Fsp3) is 0.136. The Bertz CT molecular complexity index is 1320. The monoisotopic (exact) mass is 391 g/mol. The molecule has 4 rings (SSSR count). The normalized spacial score (nSPS) is 11.1. The molecule has 2 aromatic heterocycles. The summed E-state index contributed by atoms with van der Waals surface area (Å²) in [6.07, 6.45) is 0. The van der Waals surface area contributed by atoms with Crippen LogP contribution in [0.1, 0.15) is 5.56 Å². The van der Waals surface area contributed by atoms with Crippen LogP contribution in [0, 0.1) is 6.92 Å². The molecule has 28 heavy (non-hydrogen) atoms. The average molecular weight is 392 g/mol. The molecular weight excluding hydrogens is 374 g/mol. The number of fused-ring (bicyclic) bond motifs is 1. The molecule has 0 amide bonds. The van der Waals surface area contributed by atoms with Crippen molar-refractivity contribution < 1.29 is 0 Å². The van der Waals surface area contributed by atoms with Gasteiger partial charge in [-0.2, -0.15) is 0 Å². The molecule has 0 spiro atoms. The number of benzene rings is 2. The molecule has 2 heterocycles. The van der Waals surface area contributed by atoms with Crippen LogP contribution in [0.3, 0.4) is 0 Å². The zero-order valence-corrected chi connectivity index (χ0v) is 16.5. The zero-order chi connectivity index (χ0) is 20.0. The topological polar surface area (TPSA) is 56.9 Å². The molecule has 0 unspecified atom stereocenters. The van der Waals surface area contributed by atoms with Gasteiger partial charge in [0.2, 0.25) is 0 Å². The van der Waals surface area contributed by atoms with Crippen LogP contribution in [0.25, 0.3) is 33.4 Å². The van der Waals surface area contributed by atoms with Crippen molar-refractivity contribution in [2.45, 2.75) is 6.92 Å². The Morgan fingerprint density at radius 3 is 2.11 bits per heavy atom. The highest BCUT2D eigenvalue weighted by atomic mass is 35.5. The van der Waals surface area contributed by atoms with Gasteiger partial charge in [-0.15, -0.1) is 0 Å². The van der Waals surface area contributed by atoms with Gasteiger partial charge in [0.25, 0.3) is 5.56 Å². The summed E-state index contributed by atoms with van der Waals surface area (Å²) < 4.78 is 2.53. The molecule has 0 saturated carbocycles. The van der Waals surface area contributed by atoms with Crippen LogP contribution in [0.5, 0.6) is 0 Å². The Morgan fingerprint density at radius 1 is 0.857 bits per heavy atom. The van der Waals surface area contributed by atoms with Crippen molar-refractivity contribution >= 4 is 22.6 Å². The third kappa shape index (κ3) is 2.94. The van der Waals surface area contributed by atoms with E-state index in [1.54, 1.807) is 19.2 Å². The highest BCUT2D eigenvalue weighted by Gasteiger charge is 2.17. The number of hydrogen-bond acceptors (Lipinski definition) is 3. The minimum absolute atomic E-state index is 0.358. The molecule has 6 heteroatoms. The van der Waals surface area contributed by atoms with Crippen molar-refractivity contribution in [3.8, 4) is 22.4 Å². The van der Waals surface area contributed by atoms with Gasteiger partial charge in [-0.3, -0.25) is 13.9 Å². The lowest BCUT2D eigenvalue weighted by Gasteiger charge is -2.13. The van der Waals surface area contributed by atoms with Gasteiger partial charge >= 0.3 is 5.69 Å². The van der Waals surface area contributed by atoms with Crippen molar-refractivity contribution in [3.63, 3.8) is 0 Å². The number of hydrogen-bond donors (Lipinski definition) is 0. The molecule has 0 N–H and O–H groups in total. The largest absolute Gasteiger partial charge is 0.332 e. The Labute approximate surface area is 166 Å². The molecule has 0 fully saturated rings. The van der Waals surface area contributed by atoms with Gasteiger partial charge in [0.1, 0.15) is 0 Å². The highest BCUT2D eigenvalue weighted by molar-refractivity contribution is 6.30. The van der Waals surface area contributed by atoms with Gasteiger partial charge < -0.3 is 0 Å². The van der Waals surface area contributed by atoms with Crippen LogP contribution >= 0.6 is 11.6 Å². The van der Waals surface area contributed by atoms with E-state index in [4.69, 9.17) is 11.6 Å². The molecule has 0 aliphatic heterocycles. The number of pyridine rings is 1. The van der Waals surface area contributed by atoms with E-state index in [1.165, 1.54) is 11.6 Å². The summed E-state index contributed by atoms with van der Waals surface area (Å²) in [5.41, 5.74) is 3.87. The standard InChI is InChI=1S/C22H18ClN3O2/c1-13-4-6-14(7-5-13)17-12-18(15-8-10-16(23)11-9-15)24-20-19(17)21(27)26(3)22(28)25(20)2/h4-12H,1-3H3. The van der Waals surface area contributed by atoms with Crippen molar-refractivity contribution in [2.24, 2.45) is 14.1 Å². The van der Waals surface area contributed by atoms with E-state index in [9.17, 15) is 9.59 Å². The van der Waals surface area contributed by atoms with Crippen molar-refractivity contribution in [3.05, 3.63) is 86.0 Å². The average Bonchev–Trinajstić information content (AvgIpc) is 2.71. The van der Waals surface area contributed by atoms with Crippen LogP contribution in [-0.4, -0.2) is 14.1 Å². The van der Waals surface area contributed by atoms with Gasteiger partial charge in [0.05, 0.1) is 11.1 Å². The third-order valence-corrected chi connectivity index (χ3v) is 5.16. The molecule has 0 aliphatic carbocycles. The molecular formula is C22H18ClN3O2. The van der Waals surface area contributed by atoms with Crippen molar-refractivity contribution in [1.29, 1.82) is 0 Å². The van der Waals surface area contributed by atoms with E-state index >= 15 is 0 Å². The van der Waals surface area contributed by atoms with Crippen LogP contribution in [-0.2, 0) is 14.1 Å². The Morgan fingerprint density at radius 2 is 1.46 bits per heavy atom. The fourth-order valence-electron chi connectivity index (χ4n) is 3.28. The molecule has 5 nitrogen and oxygen atoms in total. The van der Waals surface area contributed by atoms with E-state index < -0.39 is 5.69 Å². The van der Waals surface area contributed by atoms with Gasteiger partial charge in [-0.1, -0.05) is 53.6 Å². The van der Waals surface area contributed by atoms with Crippen molar-refractivity contribution in [1.82, 2.24) is 14.1 Å². The summed E-state index contributed by atoms with van der Waals surface area (Å²) in [5.74, 6) is 0. The molecule has 140 valence electrons. The van der Waals surface area contributed by atoms with Gasteiger partial charge in [-0.05, 0) is 30.7 Å². The minimum Gasteiger partial charge on any atom is -0.280 e. The van der Waals surface area contributed by atoms with Crippen LogP contribution in [0.2, 0.25) is 5.02 Å². The Balaban J connectivity index is 2.15. The first-order chi connectivity index (χ1) is 13.4. The first-order valence-electron chi connectivity index (χ1n) is 8.80. The van der Waals surface area contributed by atoms with E-state index in [-0.39, 0.29) is 5.56 Å². The molecule has 0 radical (unpaired) electrons. The first-order valence-corrected chi connectivity index (χ1v) is 9.18. The Kier molecular flexibility index (Phi) is 4.40. The maximum atomic E-state index is 12.9. The lowest BCUT2D eigenvalue weighted by atomic mass is 9.99. The SMILES string of the molecule is Cc1ccc(-c2cc(-c3ccc(Cl)cc3)nc3c2c(=O)n(C)c(=O)n3C)cc1. The lowest BCUT2D eigenvalue weighted by Crippen LogP contribution is -2.37. The summed E-state index contributed by atoms with van der Waals surface area (Å²) in [6.45, 7) is 2.01. The minimum atomic E-state index is -0.409. The number of halogens is 1. The number of nitrogens with zero attached hydrogens (tertiary/aromatic N) is 3. The summed E-state index contributed by atoms with van der Waals surface area (Å²) in [7, 11) is 3.11. The molecule has 0 atom stereocenters. The third-order valence-electron chi connectivity index (χ3n) is 4.91. The number of aromatic nitrogens is 3. The maximum absolute atomic E-state index is 12.9. The van der Waals surface area contributed by atoms with E-state index in [0.29, 0.717) is 21.7 Å². The summed E-state index contributed by atoms with van der Waals surface area (Å²) in [6, 6.07) is 17.1. The van der Waals surface area contributed by atoms with Crippen molar-refractivity contribution in [2.75, 3.05) is 0 Å². The molecule has 0 saturated heterocycles. The Hall–Kier alpha value is -3.18. The lowest BCUT2D eigenvalue weighted by molar-refractivity contribution is 0.708. The molecule has 2 aromatic carbocycles. The summed E-state index contributed by atoms with van der Waals surface area (Å²) >= 11 is 6.01. The first kappa shape index (κ1) is 18.2. The second kappa shape index (κ2) is 6.77. The summed E-state index contributed by atoms with van der Waals surface area (Å²) in [5, 5.41) is 1.05. The van der Waals surface area contributed by atoms with Crippen LogP contribution in [0.15, 0.2) is 64.2 Å². The number of aryl methyl sites for hydroxylation is 2. The predicted molar refractivity (Wildman–Crippen MR) is 113 cm³/mol. The van der Waals surface area contributed by atoms with Crippen LogP contribution in [0.4, 0.5) is 0 Å². The molecule has 0 aliphatic rings. The van der Waals surface area contributed by atoms with Gasteiger partial charge in [-0.25, -0.2) is 9.78 Å². The second-order valence-corrected chi connectivity index (χ2v) is 7.27. The van der Waals surface area contributed by atoms with E-state index in [0.717, 1.165) is 26.8 Å². The predicted octanol–water partition coefficient (Wildman–Crippen LogP) is 3.93. The van der Waals surface area contributed by atoms with Crippen LogP contribution < -0.4 is 11.2 Å². The van der Waals surface area contributed by atoms with E-state index in [2.05, 4.69) is 4.98 Å². The molecule has 4 aromatic rings. The highest BCUT2D eigenvalue weighted by Crippen LogP contribution is 2.30. The number of rotatable bonds is 2. The maximum Gasteiger partial charge on any atom is 0.332 e. The van der Waals surface area contributed by atoms with E-state index in [1.807, 2.05) is 49.4 Å². The quantitative estimate of drug-likeness (QED) is 0.520. The molecule has 0 bridgehead atoms. The smallest absolute Gasteiger partial charge is 0.280 e.